The Labute approximate surface area is 128 Å². The summed E-state index contributed by atoms with van der Waals surface area (Å²) in [6.45, 7) is 11.2. The number of ether oxygens (including phenoxy) is 1. The van der Waals surface area contributed by atoms with Crippen molar-refractivity contribution in [3.8, 4) is 0 Å². The van der Waals surface area contributed by atoms with Crippen LogP contribution in [0.4, 0.5) is 5.82 Å². The molecule has 1 N–H and O–H groups in total. The van der Waals surface area contributed by atoms with E-state index in [-0.39, 0.29) is 0 Å². The average Bonchev–Trinajstić information content (AvgIpc) is 2.55. The van der Waals surface area contributed by atoms with Crippen molar-refractivity contribution in [2.24, 2.45) is 0 Å². The number of rotatable bonds is 7. The molecule has 0 spiro atoms. The first kappa shape index (κ1) is 16.2. The first-order valence-electron chi connectivity index (χ1n) is 8.33. The van der Waals surface area contributed by atoms with Crippen molar-refractivity contribution in [2.75, 3.05) is 31.1 Å². The number of hydrogen-bond acceptors (Lipinski definition) is 4. The van der Waals surface area contributed by atoms with Gasteiger partial charge in [0.05, 0.1) is 12.7 Å². The maximum atomic E-state index is 5.76. The maximum Gasteiger partial charge on any atom is 0.129 e. The molecule has 0 aliphatic carbocycles. The Morgan fingerprint density at radius 3 is 2.90 bits per heavy atom. The third-order valence-electron chi connectivity index (χ3n) is 3.96. The summed E-state index contributed by atoms with van der Waals surface area (Å²) in [4.78, 5) is 7.19. The van der Waals surface area contributed by atoms with Crippen molar-refractivity contribution in [3.05, 3.63) is 23.4 Å². The number of pyridine rings is 1. The Hall–Kier alpha value is -1.13. The fourth-order valence-corrected chi connectivity index (χ4v) is 2.66. The third-order valence-corrected chi connectivity index (χ3v) is 3.96. The zero-order chi connectivity index (χ0) is 15.1. The SMILES string of the molecule is CCCNCc1cc(CC)nc(N2CCOC(CC)C2)c1. The smallest absolute Gasteiger partial charge is 0.129 e. The minimum absolute atomic E-state index is 0.340. The van der Waals surface area contributed by atoms with Gasteiger partial charge in [0.25, 0.3) is 0 Å². The molecule has 0 bridgehead atoms. The van der Waals surface area contributed by atoms with Gasteiger partial charge in [0.1, 0.15) is 5.82 Å². The van der Waals surface area contributed by atoms with Gasteiger partial charge in [0.15, 0.2) is 0 Å². The van der Waals surface area contributed by atoms with E-state index >= 15 is 0 Å². The minimum Gasteiger partial charge on any atom is -0.375 e. The monoisotopic (exact) mass is 291 g/mol. The summed E-state index contributed by atoms with van der Waals surface area (Å²) < 4.78 is 5.76. The van der Waals surface area contributed by atoms with Gasteiger partial charge in [-0.05, 0) is 43.5 Å². The van der Waals surface area contributed by atoms with Crippen LogP contribution in [0.3, 0.4) is 0 Å². The second-order valence-electron chi connectivity index (χ2n) is 5.70. The molecule has 1 aliphatic heterocycles. The van der Waals surface area contributed by atoms with E-state index in [1.807, 2.05) is 0 Å². The summed E-state index contributed by atoms with van der Waals surface area (Å²) >= 11 is 0. The number of nitrogens with zero attached hydrogens (tertiary/aromatic N) is 2. The van der Waals surface area contributed by atoms with Gasteiger partial charge in [0.2, 0.25) is 0 Å². The van der Waals surface area contributed by atoms with E-state index in [9.17, 15) is 0 Å². The summed E-state index contributed by atoms with van der Waals surface area (Å²) in [6.07, 6.45) is 3.55. The van der Waals surface area contributed by atoms with E-state index in [1.165, 1.54) is 17.7 Å². The van der Waals surface area contributed by atoms with E-state index in [0.29, 0.717) is 6.10 Å². The van der Waals surface area contributed by atoms with Crippen LogP contribution in [0, 0.1) is 0 Å². The largest absolute Gasteiger partial charge is 0.375 e. The van der Waals surface area contributed by atoms with Gasteiger partial charge in [0, 0.05) is 25.3 Å². The van der Waals surface area contributed by atoms with Gasteiger partial charge in [-0.1, -0.05) is 20.8 Å². The van der Waals surface area contributed by atoms with Crippen molar-refractivity contribution in [1.29, 1.82) is 0 Å². The molecule has 2 heterocycles. The van der Waals surface area contributed by atoms with Crippen LogP contribution in [-0.4, -0.2) is 37.3 Å². The number of aromatic nitrogens is 1. The first-order chi connectivity index (χ1) is 10.3. The van der Waals surface area contributed by atoms with Crippen LogP contribution in [-0.2, 0) is 17.7 Å². The van der Waals surface area contributed by atoms with Crippen LogP contribution in [0.15, 0.2) is 12.1 Å². The van der Waals surface area contributed by atoms with Crippen LogP contribution >= 0.6 is 0 Å². The van der Waals surface area contributed by atoms with E-state index in [1.54, 1.807) is 0 Å². The van der Waals surface area contributed by atoms with Crippen LogP contribution in [0.1, 0.15) is 44.9 Å². The summed E-state index contributed by atoms with van der Waals surface area (Å²) in [5.41, 5.74) is 2.52. The zero-order valence-corrected chi connectivity index (χ0v) is 13.7. The average molecular weight is 291 g/mol. The molecule has 1 fully saturated rings. The lowest BCUT2D eigenvalue weighted by Gasteiger charge is -2.33. The number of aryl methyl sites for hydroxylation is 1. The molecule has 0 radical (unpaired) electrons. The van der Waals surface area contributed by atoms with Gasteiger partial charge < -0.3 is 15.0 Å². The predicted molar refractivity (Wildman–Crippen MR) is 87.9 cm³/mol. The van der Waals surface area contributed by atoms with Crippen molar-refractivity contribution in [1.82, 2.24) is 10.3 Å². The lowest BCUT2D eigenvalue weighted by atomic mass is 10.1. The molecular formula is C17H29N3O. The Bertz CT molecular complexity index is 436. The highest BCUT2D eigenvalue weighted by Gasteiger charge is 2.20. The van der Waals surface area contributed by atoms with E-state index < -0.39 is 0 Å². The third kappa shape index (κ3) is 4.68. The fourth-order valence-electron chi connectivity index (χ4n) is 2.66. The highest BCUT2D eigenvalue weighted by atomic mass is 16.5. The second-order valence-corrected chi connectivity index (χ2v) is 5.70. The molecule has 4 heteroatoms. The molecule has 1 saturated heterocycles. The Morgan fingerprint density at radius 1 is 1.33 bits per heavy atom. The number of hydrogen-bond donors (Lipinski definition) is 1. The second kappa shape index (κ2) is 8.35. The minimum atomic E-state index is 0.340. The molecular weight excluding hydrogens is 262 g/mol. The molecule has 2 rings (SSSR count). The maximum absolute atomic E-state index is 5.76. The van der Waals surface area contributed by atoms with Crippen molar-refractivity contribution in [3.63, 3.8) is 0 Å². The van der Waals surface area contributed by atoms with Crippen LogP contribution in [0.5, 0.6) is 0 Å². The molecule has 0 saturated carbocycles. The molecule has 4 nitrogen and oxygen atoms in total. The molecule has 1 unspecified atom stereocenters. The van der Waals surface area contributed by atoms with Gasteiger partial charge in [-0.2, -0.15) is 0 Å². The number of nitrogens with one attached hydrogen (secondary N) is 1. The molecule has 1 aliphatic rings. The van der Waals surface area contributed by atoms with E-state index in [0.717, 1.165) is 51.4 Å². The van der Waals surface area contributed by atoms with Crippen LogP contribution in [0.25, 0.3) is 0 Å². The van der Waals surface area contributed by atoms with Crippen LogP contribution < -0.4 is 10.2 Å². The summed E-state index contributed by atoms with van der Waals surface area (Å²) in [5.74, 6) is 1.12. The lowest BCUT2D eigenvalue weighted by molar-refractivity contribution is 0.0381. The summed E-state index contributed by atoms with van der Waals surface area (Å²) in [5, 5.41) is 3.48. The highest BCUT2D eigenvalue weighted by Crippen LogP contribution is 2.19. The van der Waals surface area contributed by atoms with E-state index in [4.69, 9.17) is 9.72 Å². The normalized spacial score (nSPS) is 19.0. The molecule has 1 atom stereocenters. The Balaban J connectivity index is 2.11. The standard InChI is InChI=1S/C17H29N3O/c1-4-7-18-12-14-10-15(5-2)19-17(11-14)20-8-9-21-16(6-3)13-20/h10-11,16,18H,4-9,12-13H2,1-3H3. The topological polar surface area (TPSA) is 37.4 Å². The molecule has 1 aromatic heterocycles. The zero-order valence-electron chi connectivity index (χ0n) is 13.7. The highest BCUT2D eigenvalue weighted by molar-refractivity contribution is 5.43. The van der Waals surface area contributed by atoms with Gasteiger partial charge in [-0.3, -0.25) is 0 Å². The van der Waals surface area contributed by atoms with Crippen molar-refractivity contribution in [2.45, 2.75) is 52.7 Å². The van der Waals surface area contributed by atoms with Gasteiger partial charge in [-0.15, -0.1) is 0 Å². The van der Waals surface area contributed by atoms with Gasteiger partial charge in [-0.25, -0.2) is 4.98 Å². The molecule has 118 valence electrons. The van der Waals surface area contributed by atoms with E-state index in [2.05, 4.69) is 43.1 Å². The number of anilines is 1. The van der Waals surface area contributed by atoms with Gasteiger partial charge >= 0.3 is 0 Å². The Morgan fingerprint density at radius 2 is 2.19 bits per heavy atom. The predicted octanol–water partition coefficient (Wildman–Crippen LogP) is 2.76. The molecule has 21 heavy (non-hydrogen) atoms. The van der Waals surface area contributed by atoms with Crippen LogP contribution in [0.2, 0.25) is 0 Å². The summed E-state index contributed by atoms with van der Waals surface area (Å²) in [6, 6.07) is 4.46. The molecule has 1 aromatic rings. The lowest BCUT2D eigenvalue weighted by Crippen LogP contribution is -2.42. The first-order valence-corrected chi connectivity index (χ1v) is 8.33. The summed E-state index contributed by atoms with van der Waals surface area (Å²) in [7, 11) is 0. The fraction of sp³-hybridized carbons (Fsp3) is 0.706. The van der Waals surface area contributed by atoms with Crippen molar-refractivity contribution < 1.29 is 4.74 Å². The number of morpholine rings is 1. The molecule has 0 aromatic carbocycles. The molecule has 0 amide bonds. The van der Waals surface area contributed by atoms with Crippen molar-refractivity contribution >= 4 is 5.82 Å². The quantitative estimate of drug-likeness (QED) is 0.784. The Kier molecular flexibility index (Phi) is 6.46.